The molecule has 14 heavy (non-hydrogen) atoms. The zero-order valence-corrected chi connectivity index (χ0v) is 7.85. The molecule has 0 bridgehead atoms. The predicted octanol–water partition coefficient (Wildman–Crippen LogP) is 1.24. The van der Waals surface area contributed by atoms with Gasteiger partial charge in [-0.2, -0.15) is 0 Å². The standard InChI is InChI=1S/C8H8F2O3S/c9-4-3-6-5-7(10)1-2-8(6)14(11,12)13/h1-2,5H,3-4H2,(H,11,12,13)/p-1. The van der Waals surface area contributed by atoms with E-state index in [9.17, 15) is 21.8 Å². The second-order valence-electron chi connectivity index (χ2n) is 2.65. The summed E-state index contributed by atoms with van der Waals surface area (Å²) in [6.45, 7) is -0.841. The Morgan fingerprint density at radius 2 is 2.00 bits per heavy atom. The Bertz CT molecular complexity index is 428. The molecule has 0 aromatic heterocycles. The summed E-state index contributed by atoms with van der Waals surface area (Å²) in [6.07, 6.45) is -0.283. The molecule has 0 atom stereocenters. The van der Waals surface area contributed by atoms with Crippen LogP contribution < -0.4 is 0 Å². The van der Waals surface area contributed by atoms with E-state index < -0.39 is 27.5 Å². The van der Waals surface area contributed by atoms with Crippen LogP contribution in [0.4, 0.5) is 8.78 Å². The first-order valence-electron chi connectivity index (χ1n) is 3.75. The molecule has 0 fully saturated rings. The molecule has 0 radical (unpaired) electrons. The van der Waals surface area contributed by atoms with Crippen molar-refractivity contribution in [2.75, 3.05) is 6.67 Å². The van der Waals surface area contributed by atoms with E-state index in [-0.39, 0.29) is 12.0 Å². The third-order valence-corrected chi connectivity index (χ3v) is 2.59. The molecule has 0 unspecified atom stereocenters. The highest BCUT2D eigenvalue weighted by Gasteiger charge is 2.09. The lowest BCUT2D eigenvalue weighted by Gasteiger charge is -2.11. The Morgan fingerprint density at radius 3 is 2.50 bits per heavy atom. The zero-order valence-electron chi connectivity index (χ0n) is 7.04. The highest BCUT2D eigenvalue weighted by molar-refractivity contribution is 7.85. The van der Waals surface area contributed by atoms with Crippen LogP contribution in [0.25, 0.3) is 0 Å². The first kappa shape index (κ1) is 11.1. The van der Waals surface area contributed by atoms with Crippen molar-refractivity contribution in [1.29, 1.82) is 0 Å². The number of alkyl halides is 1. The van der Waals surface area contributed by atoms with Crippen molar-refractivity contribution in [3.8, 4) is 0 Å². The summed E-state index contributed by atoms with van der Waals surface area (Å²) in [4.78, 5) is -0.559. The van der Waals surface area contributed by atoms with Gasteiger partial charge in [0, 0.05) is 6.42 Å². The summed E-state index contributed by atoms with van der Waals surface area (Å²) in [7, 11) is -4.66. The van der Waals surface area contributed by atoms with Crippen molar-refractivity contribution in [2.45, 2.75) is 11.3 Å². The number of rotatable bonds is 3. The molecule has 3 nitrogen and oxygen atoms in total. The van der Waals surface area contributed by atoms with Crippen LogP contribution in [0.3, 0.4) is 0 Å². The quantitative estimate of drug-likeness (QED) is 0.721. The molecule has 0 amide bonds. The monoisotopic (exact) mass is 221 g/mol. The number of halogens is 2. The molecule has 0 saturated heterocycles. The van der Waals surface area contributed by atoms with Crippen LogP contribution in [0.2, 0.25) is 0 Å². The molecule has 0 aliphatic heterocycles. The highest BCUT2D eigenvalue weighted by atomic mass is 32.2. The molecular formula is C8H7F2O3S-. The van der Waals surface area contributed by atoms with Gasteiger partial charge in [0.2, 0.25) is 0 Å². The van der Waals surface area contributed by atoms with Crippen LogP contribution in [-0.4, -0.2) is 19.6 Å². The lowest BCUT2D eigenvalue weighted by molar-refractivity contribution is 0.458. The summed E-state index contributed by atoms with van der Waals surface area (Å²) in [5, 5.41) is 0. The van der Waals surface area contributed by atoms with Gasteiger partial charge in [-0.1, -0.05) is 0 Å². The Balaban J connectivity index is 3.29. The largest absolute Gasteiger partial charge is 0.744 e. The molecule has 0 heterocycles. The number of hydrogen-bond acceptors (Lipinski definition) is 3. The highest BCUT2D eigenvalue weighted by Crippen LogP contribution is 2.17. The fourth-order valence-corrected chi connectivity index (χ4v) is 1.81. The average Bonchev–Trinajstić information content (AvgIpc) is 2.02. The summed E-state index contributed by atoms with van der Waals surface area (Å²) in [6, 6.07) is 2.56. The Morgan fingerprint density at radius 1 is 1.36 bits per heavy atom. The second-order valence-corrected chi connectivity index (χ2v) is 3.99. The van der Waals surface area contributed by atoms with Gasteiger partial charge in [0.05, 0.1) is 11.6 Å². The topological polar surface area (TPSA) is 57.2 Å². The second kappa shape index (κ2) is 4.02. The molecule has 0 aliphatic rings. The molecule has 0 spiro atoms. The minimum atomic E-state index is -4.66. The SMILES string of the molecule is O=S(=O)([O-])c1ccc(F)cc1CCF. The summed E-state index contributed by atoms with van der Waals surface area (Å²) < 4.78 is 56.5. The van der Waals surface area contributed by atoms with Crippen LogP contribution in [0.5, 0.6) is 0 Å². The van der Waals surface area contributed by atoms with Crippen molar-refractivity contribution in [3.05, 3.63) is 29.6 Å². The first-order valence-corrected chi connectivity index (χ1v) is 5.16. The van der Waals surface area contributed by atoms with Crippen LogP contribution >= 0.6 is 0 Å². The molecule has 1 aromatic rings. The average molecular weight is 221 g/mol. The maximum atomic E-state index is 12.6. The van der Waals surface area contributed by atoms with E-state index in [1.807, 2.05) is 0 Å². The Kier molecular flexibility index (Phi) is 3.17. The van der Waals surface area contributed by atoms with Crippen LogP contribution in [0, 0.1) is 5.82 Å². The molecule has 0 N–H and O–H groups in total. The van der Waals surface area contributed by atoms with Crippen LogP contribution in [0.1, 0.15) is 5.56 Å². The third kappa shape index (κ3) is 2.49. The molecular weight excluding hydrogens is 214 g/mol. The lowest BCUT2D eigenvalue weighted by Crippen LogP contribution is -2.04. The maximum absolute atomic E-state index is 12.6. The fraction of sp³-hybridized carbons (Fsp3) is 0.250. The number of aryl methyl sites for hydroxylation is 1. The lowest BCUT2D eigenvalue weighted by atomic mass is 10.1. The minimum absolute atomic E-state index is 0.123. The minimum Gasteiger partial charge on any atom is -0.744 e. The summed E-state index contributed by atoms with van der Waals surface area (Å²) >= 11 is 0. The molecule has 1 rings (SSSR count). The van der Waals surface area contributed by atoms with E-state index in [0.717, 1.165) is 18.2 Å². The zero-order chi connectivity index (χ0) is 10.8. The van der Waals surface area contributed by atoms with Crippen molar-refractivity contribution in [2.24, 2.45) is 0 Å². The molecule has 78 valence electrons. The van der Waals surface area contributed by atoms with E-state index in [1.165, 1.54) is 0 Å². The number of benzene rings is 1. The third-order valence-electron chi connectivity index (χ3n) is 1.66. The van der Waals surface area contributed by atoms with Gasteiger partial charge in [0.15, 0.2) is 0 Å². The van der Waals surface area contributed by atoms with Gasteiger partial charge < -0.3 is 4.55 Å². The molecule has 1 aromatic carbocycles. The molecule has 0 aliphatic carbocycles. The normalized spacial score (nSPS) is 11.6. The van der Waals surface area contributed by atoms with E-state index in [0.29, 0.717) is 0 Å². The van der Waals surface area contributed by atoms with Crippen molar-refractivity contribution in [3.63, 3.8) is 0 Å². The van der Waals surface area contributed by atoms with Gasteiger partial charge >= 0.3 is 0 Å². The van der Waals surface area contributed by atoms with E-state index in [1.54, 1.807) is 0 Å². The van der Waals surface area contributed by atoms with Gasteiger partial charge in [0.25, 0.3) is 0 Å². The smallest absolute Gasteiger partial charge is 0.124 e. The maximum Gasteiger partial charge on any atom is 0.124 e. The van der Waals surface area contributed by atoms with Crippen molar-refractivity contribution < 1.29 is 21.8 Å². The van der Waals surface area contributed by atoms with Gasteiger partial charge in [-0.05, 0) is 23.8 Å². The Labute approximate surface area is 80.1 Å². The van der Waals surface area contributed by atoms with Crippen LogP contribution in [0.15, 0.2) is 23.1 Å². The van der Waals surface area contributed by atoms with Crippen molar-refractivity contribution >= 4 is 10.1 Å². The van der Waals surface area contributed by atoms with E-state index in [4.69, 9.17) is 0 Å². The van der Waals surface area contributed by atoms with Gasteiger partial charge in [0.1, 0.15) is 15.9 Å². The summed E-state index contributed by atoms with van der Waals surface area (Å²) in [5.41, 5.74) is -0.123. The van der Waals surface area contributed by atoms with Crippen molar-refractivity contribution in [1.82, 2.24) is 0 Å². The number of hydrogen-bond donors (Lipinski definition) is 0. The van der Waals surface area contributed by atoms with Gasteiger partial charge in [-0.25, -0.2) is 12.8 Å². The van der Waals surface area contributed by atoms with E-state index in [2.05, 4.69) is 0 Å². The summed E-state index contributed by atoms with van der Waals surface area (Å²) in [5.74, 6) is -0.694. The van der Waals surface area contributed by atoms with Gasteiger partial charge in [-0.15, -0.1) is 0 Å². The molecule has 6 heteroatoms. The predicted molar refractivity (Wildman–Crippen MR) is 44.0 cm³/mol. The fourth-order valence-electron chi connectivity index (χ4n) is 1.09. The first-order chi connectivity index (χ1) is 6.45. The van der Waals surface area contributed by atoms with Gasteiger partial charge in [-0.3, -0.25) is 4.39 Å². The Hall–Kier alpha value is -1.01. The van der Waals surface area contributed by atoms with Crippen LogP contribution in [-0.2, 0) is 16.5 Å². The van der Waals surface area contributed by atoms with E-state index >= 15 is 0 Å². The molecule has 0 saturated carbocycles.